The van der Waals surface area contributed by atoms with E-state index in [2.05, 4.69) is 5.32 Å². The van der Waals surface area contributed by atoms with Crippen LogP contribution in [0.25, 0.3) is 0 Å². The predicted octanol–water partition coefficient (Wildman–Crippen LogP) is 3.97. The van der Waals surface area contributed by atoms with Crippen molar-refractivity contribution in [3.8, 4) is 5.75 Å². The Morgan fingerprint density at radius 2 is 1.83 bits per heavy atom. The van der Waals surface area contributed by atoms with Gasteiger partial charge in [0, 0.05) is 16.1 Å². The summed E-state index contributed by atoms with van der Waals surface area (Å²) in [6.45, 7) is 3.40. The van der Waals surface area contributed by atoms with Gasteiger partial charge in [-0.05, 0) is 49.7 Å². The summed E-state index contributed by atoms with van der Waals surface area (Å²) >= 11 is 5.87. The summed E-state index contributed by atoms with van der Waals surface area (Å²) in [6.07, 6.45) is 0.141. The molecule has 0 spiro atoms. The molecule has 1 N–H and O–H groups in total. The summed E-state index contributed by atoms with van der Waals surface area (Å²) in [7, 11) is 1.54. The molecule has 0 heterocycles. The molecule has 0 saturated carbocycles. The normalized spacial score (nSPS) is 11.7. The second-order valence-electron chi connectivity index (χ2n) is 5.60. The summed E-state index contributed by atoms with van der Waals surface area (Å²) in [5.74, 6) is 0.402. The Morgan fingerprint density at radius 1 is 1.17 bits per heavy atom. The average Bonchev–Trinajstić information content (AvgIpc) is 2.55. The highest BCUT2D eigenvalue weighted by Gasteiger charge is 2.14. The number of halogens is 1. The fourth-order valence-electron chi connectivity index (χ4n) is 2.44. The Bertz CT molecular complexity index is 741. The topological polar surface area (TPSA) is 55.4 Å². The lowest BCUT2D eigenvalue weighted by Crippen LogP contribution is -2.28. The number of amides is 1. The van der Waals surface area contributed by atoms with Crippen LogP contribution in [0.4, 0.5) is 0 Å². The Balaban J connectivity index is 2.10. The maximum absolute atomic E-state index is 12.3. The van der Waals surface area contributed by atoms with Crippen LogP contribution < -0.4 is 10.1 Å². The summed E-state index contributed by atoms with van der Waals surface area (Å²) in [4.78, 5) is 23.9. The number of ether oxygens (including phenoxy) is 1. The number of benzene rings is 2. The van der Waals surface area contributed by atoms with Gasteiger partial charge in [-0.3, -0.25) is 9.59 Å². The predicted molar refractivity (Wildman–Crippen MR) is 94.7 cm³/mol. The highest BCUT2D eigenvalue weighted by atomic mass is 35.5. The summed E-state index contributed by atoms with van der Waals surface area (Å²) in [5, 5.41) is 3.60. The highest BCUT2D eigenvalue weighted by Crippen LogP contribution is 2.22. The maximum atomic E-state index is 12.3. The molecule has 0 aromatic heterocycles. The van der Waals surface area contributed by atoms with E-state index in [0.29, 0.717) is 21.9 Å². The molecule has 2 rings (SSSR count). The van der Waals surface area contributed by atoms with Crippen molar-refractivity contribution in [1.82, 2.24) is 5.32 Å². The molecule has 0 saturated heterocycles. The molecular formula is C19H20ClNO3. The first-order valence-corrected chi connectivity index (χ1v) is 8.01. The monoisotopic (exact) mass is 345 g/mol. The molecule has 0 bridgehead atoms. The molecule has 5 heteroatoms. The van der Waals surface area contributed by atoms with E-state index in [1.807, 2.05) is 19.1 Å². The third-order valence-electron chi connectivity index (χ3n) is 3.79. The van der Waals surface area contributed by atoms with Gasteiger partial charge >= 0.3 is 0 Å². The minimum atomic E-state index is -0.142. The van der Waals surface area contributed by atoms with Gasteiger partial charge in [0.05, 0.1) is 19.6 Å². The van der Waals surface area contributed by atoms with Crippen LogP contribution in [0.5, 0.6) is 5.75 Å². The van der Waals surface area contributed by atoms with Gasteiger partial charge in [0.2, 0.25) is 5.91 Å². The van der Waals surface area contributed by atoms with E-state index < -0.39 is 0 Å². The van der Waals surface area contributed by atoms with Crippen LogP contribution in [0.3, 0.4) is 0 Å². The number of hydrogen-bond acceptors (Lipinski definition) is 3. The zero-order valence-electron chi connectivity index (χ0n) is 13.9. The molecule has 24 heavy (non-hydrogen) atoms. The fourth-order valence-corrected chi connectivity index (χ4v) is 2.56. The van der Waals surface area contributed by atoms with Gasteiger partial charge in [0.15, 0.2) is 5.78 Å². The first-order valence-electron chi connectivity index (χ1n) is 7.63. The minimum Gasteiger partial charge on any atom is -0.496 e. The quantitative estimate of drug-likeness (QED) is 0.806. The van der Waals surface area contributed by atoms with Crippen molar-refractivity contribution in [2.24, 2.45) is 0 Å². The molecule has 126 valence electrons. The lowest BCUT2D eigenvalue weighted by Gasteiger charge is -2.15. The van der Waals surface area contributed by atoms with E-state index in [0.717, 1.165) is 5.56 Å². The molecule has 0 aliphatic carbocycles. The van der Waals surface area contributed by atoms with Crippen LogP contribution in [0.2, 0.25) is 5.02 Å². The molecule has 0 aliphatic rings. The number of rotatable bonds is 6. The van der Waals surface area contributed by atoms with Crippen LogP contribution in [0.1, 0.15) is 41.4 Å². The number of Topliss-reactive ketones (excluding diaryl/α,β-unsaturated/α-hetero) is 1. The van der Waals surface area contributed by atoms with Gasteiger partial charge in [-0.2, -0.15) is 0 Å². The third kappa shape index (κ3) is 4.59. The van der Waals surface area contributed by atoms with Crippen molar-refractivity contribution < 1.29 is 14.3 Å². The Kier molecular flexibility index (Phi) is 5.99. The summed E-state index contributed by atoms with van der Waals surface area (Å²) < 4.78 is 5.28. The van der Waals surface area contributed by atoms with Crippen LogP contribution in [-0.2, 0) is 11.2 Å². The Labute approximate surface area is 146 Å². The molecule has 2 aromatic carbocycles. The van der Waals surface area contributed by atoms with Gasteiger partial charge in [0.25, 0.3) is 0 Å². The van der Waals surface area contributed by atoms with Crippen molar-refractivity contribution in [1.29, 1.82) is 0 Å². The van der Waals surface area contributed by atoms with Crippen molar-refractivity contribution in [3.63, 3.8) is 0 Å². The summed E-state index contributed by atoms with van der Waals surface area (Å²) in [6, 6.07) is 12.3. The molecule has 2 aromatic rings. The van der Waals surface area contributed by atoms with Gasteiger partial charge < -0.3 is 10.1 Å². The second-order valence-corrected chi connectivity index (χ2v) is 6.04. The van der Waals surface area contributed by atoms with Crippen LogP contribution >= 0.6 is 11.6 Å². The number of carbonyl (C=O) groups excluding carboxylic acids is 2. The van der Waals surface area contributed by atoms with E-state index in [1.54, 1.807) is 37.4 Å². The van der Waals surface area contributed by atoms with E-state index in [4.69, 9.17) is 16.3 Å². The molecule has 0 aliphatic heterocycles. The van der Waals surface area contributed by atoms with Crippen molar-refractivity contribution >= 4 is 23.3 Å². The highest BCUT2D eigenvalue weighted by molar-refractivity contribution is 6.30. The number of carbonyl (C=O) groups is 2. The fraction of sp³-hybridized carbons (Fsp3) is 0.263. The van der Waals surface area contributed by atoms with E-state index in [1.165, 1.54) is 6.92 Å². The van der Waals surface area contributed by atoms with Gasteiger partial charge in [-0.1, -0.05) is 23.7 Å². The molecule has 4 nitrogen and oxygen atoms in total. The zero-order valence-corrected chi connectivity index (χ0v) is 14.7. The van der Waals surface area contributed by atoms with Crippen molar-refractivity contribution in [2.45, 2.75) is 26.3 Å². The molecule has 1 amide bonds. The number of nitrogens with one attached hydrogen (secondary N) is 1. The lowest BCUT2D eigenvalue weighted by molar-refractivity contribution is -0.121. The van der Waals surface area contributed by atoms with Crippen LogP contribution in [0, 0.1) is 0 Å². The van der Waals surface area contributed by atoms with Gasteiger partial charge in [0.1, 0.15) is 5.75 Å². The van der Waals surface area contributed by atoms with Crippen molar-refractivity contribution in [3.05, 3.63) is 64.2 Å². The Hall–Kier alpha value is -2.33. The van der Waals surface area contributed by atoms with Gasteiger partial charge in [-0.15, -0.1) is 0 Å². The second kappa shape index (κ2) is 7.97. The number of methoxy groups -OCH3 is 1. The molecule has 1 unspecified atom stereocenters. The summed E-state index contributed by atoms with van der Waals surface area (Å²) in [5.41, 5.74) is 2.22. The SMILES string of the molecule is COc1ccc(C(C)=O)cc1CC(=O)NC(C)c1ccc(Cl)cc1. The third-order valence-corrected chi connectivity index (χ3v) is 4.04. The lowest BCUT2D eigenvalue weighted by atomic mass is 10.0. The molecule has 0 fully saturated rings. The van der Waals surface area contributed by atoms with Crippen LogP contribution in [-0.4, -0.2) is 18.8 Å². The largest absolute Gasteiger partial charge is 0.496 e. The number of hydrogen-bond donors (Lipinski definition) is 1. The molecule has 0 radical (unpaired) electrons. The number of ketones is 1. The minimum absolute atomic E-state index is 0.0474. The molecule has 1 atom stereocenters. The van der Waals surface area contributed by atoms with Crippen molar-refractivity contribution in [2.75, 3.05) is 7.11 Å². The zero-order chi connectivity index (χ0) is 17.7. The van der Waals surface area contributed by atoms with E-state index in [9.17, 15) is 9.59 Å². The van der Waals surface area contributed by atoms with E-state index >= 15 is 0 Å². The van der Waals surface area contributed by atoms with Gasteiger partial charge in [-0.25, -0.2) is 0 Å². The smallest absolute Gasteiger partial charge is 0.225 e. The first-order chi connectivity index (χ1) is 11.4. The van der Waals surface area contributed by atoms with E-state index in [-0.39, 0.29) is 24.2 Å². The average molecular weight is 346 g/mol. The Morgan fingerprint density at radius 3 is 2.42 bits per heavy atom. The van der Waals surface area contributed by atoms with Crippen LogP contribution in [0.15, 0.2) is 42.5 Å². The standard InChI is InChI=1S/C19H20ClNO3/c1-12(14-4-7-17(20)8-5-14)21-19(23)11-16-10-15(13(2)22)6-9-18(16)24-3/h4-10,12H,11H2,1-3H3,(H,21,23). The molecular weight excluding hydrogens is 326 g/mol. The first kappa shape index (κ1) is 18.0. The maximum Gasteiger partial charge on any atom is 0.225 e.